The Labute approximate surface area is 123 Å². The summed E-state index contributed by atoms with van der Waals surface area (Å²) in [6, 6.07) is 20.5. The van der Waals surface area contributed by atoms with Crippen LogP contribution >= 0.6 is 11.3 Å². The molecular formula is C18H17NS. The van der Waals surface area contributed by atoms with Crippen LogP contribution < -0.4 is 5.32 Å². The molecule has 1 nitrogen and oxygen atoms in total. The van der Waals surface area contributed by atoms with Gasteiger partial charge in [0.15, 0.2) is 0 Å². The molecule has 1 aliphatic rings. The predicted octanol–water partition coefficient (Wildman–Crippen LogP) is 4.82. The van der Waals surface area contributed by atoms with E-state index in [0.717, 1.165) is 12.6 Å². The molecule has 20 heavy (non-hydrogen) atoms. The molecule has 1 fully saturated rings. The van der Waals surface area contributed by atoms with Crippen molar-refractivity contribution in [3.63, 3.8) is 0 Å². The van der Waals surface area contributed by atoms with E-state index in [0.29, 0.717) is 0 Å². The Morgan fingerprint density at radius 3 is 2.70 bits per heavy atom. The van der Waals surface area contributed by atoms with Gasteiger partial charge in [0.2, 0.25) is 0 Å². The lowest BCUT2D eigenvalue weighted by atomic mass is 10.0. The topological polar surface area (TPSA) is 12.0 Å². The molecular weight excluding hydrogens is 262 g/mol. The van der Waals surface area contributed by atoms with Crippen LogP contribution in [0, 0.1) is 0 Å². The molecule has 0 bridgehead atoms. The minimum Gasteiger partial charge on any atom is -0.309 e. The highest BCUT2D eigenvalue weighted by Gasteiger charge is 2.20. The molecule has 1 aliphatic carbocycles. The Morgan fingerprint density at radius 2 is 1.80 bits per heavy atom. The van der Waals surface area contributed by atoms with Crippen LogP contribution in [0.1, 0.15) is 17.7 Å². The van der Waals surface area contributed by atoms with Gasteiger partial charge in [-0.25, -0.2) is 0 Å². The van der Waals surface area contributed by atoms with Gasteiger partial charge in [0.25, 0.3) is 0 Å². The number of hydrogen-bond acceptors (Lipinski definition) is 2. The van der Waals surface area contributed by atoms with Crippen molar-refractivity contribution >= 4 is 22.1 Å². The Morgan fingerprint density at radius 1 is 0.950 bits per heavy atom. The molecule has 0 unspecified atom stereocenters. The highest BCUT2D eigenvalue weighted by molar-refractivity contribution is 7.15. The fourth-order valence-corrected chi connectivity index (χ4v) is 3.59. The molecule has 1 saturated carbocycles. The maximum atomic E-state index is 3.59. The van der Waals surface area contributed by atoms with Crippen molar-refractivity contribution in [3.8, 4) is 10.4 Å². The fourth-order valence-electron chi connectivity index (χ4n) is 2.59. The first-order chi connectivity index (χ1) is 9.90. The second kappa shape index (κ2) is 5.04. The molecule has 0 atom stereocenters. The highest BCUT2D eigenvalue weighted by atomic mass is 32.1. The molecule has 0 spiro atoms. The van der Waals surface area contributed by atoms with E-state index in [-0.39, 0.29) is 0 Å². The molecule has 1 aromatic heterocycles. The Bertz CT molecular complexity index is 735. The van der Waals surface area contributed by atoms with Crippen molar-refractivity contribution in [2.45, 2.75) is 25.4 Å². The maximum Gasteiger partial charge on any atom is 0.0352 e. The third-order valence-electron chi connectivity index (χ3n) is 3.86. The molecule has 0 radical (unpaired) electrons. The van der Waals surface area contributed by atoms with Crippen LogP contribution in [0.25, 0.3) is 21.2 Å². The average Bonchev–Trinajstić information content (AvgIpc) is 3.21. The zero-order valence-corrected chi connectivity index (χ0v) is 12.1. The van der Waals surface area contributed by atoms with Gasteiger partial charge < -0.3 is 5.32 Å². The van der Waals surface area contributed by atoms with E-state index < -0.39 is 0 Å². The molecule has 0 aliphatic heterocycles. The highest BCUT2D eigenvalue weighted by Crippen LogP contribution is 2.33. The molecule has 0 amide bonds. The summed E-state index contributed by atoms with van der Waals surface area (Å²) in [5.41, 5.74) is 1.35. The summed E-state index contributed by atoms with van der Waals surface area (Å²) < 4.78 is 0. The third-order valence-corrected chi connectivity index (χ3v) is 4.98. The van der Waals surface area contributed by atoms with E-state index >= 15 is 0 Å². The molecule has 2 aromatic carbocycles. The van der Waals surface area contributed by atoms with Gasteiger partial charge in [-0.15, -0.1) is 11.3 Å². The van der Waals surface area contributed by atoms with Crippen molar-refractivity contribution in [1.82, 2.24) is 5.32 Å². The monoisotopic (exact) mass is 279 g/mol. The van der Waals surface area contributed by atoms with Gasteiger partial charge in [-0.2, -0.15) is 0 Å². The van der Waals surface area contributed by atoms with Crippen molar-refractivity contribution in [2.24, 2.45) is 0 Å². The predicted molar refractivity (Wildman–Crippen MR) is 87.1 cm³/mol. The number of hydrogen-bond donors (Lipinski definition) is 1. The first kappa shape index (κ1) is 12.1. The number of fused-ring (bicyclic) bond motifs is 1. The molecule has 1 heterocycles. The van der Waals surface area contributed by atoms with Gasteiger partial charge >= 0.3 is 0 Å². The van der Waals surface area contributed by atoms with Crippen molar-refractivity contribution in [1.29, 1.82) is 0 Å². The van der Waals surface area contributed by atoms with Gasteiger partial charge in [0, 0.05) is 22.3 Å². The smallest absolute Gasteiger partial charge is 0.0352 e. The van der Waals surface area contributed by atoms with Crippen LogP contribution in [0.3, 0.4) is 0 Å². The molecule has 100 valence electrons. The molecule has 1 N–H and O–H groups in total. The Kier molecular flexibility index (Phi) is 3.06. The molecule has 2 heteroatoms. The summed E-state index contributed by atoms with van der Waals surface area (Å²) in [4.78, 5) is 2.80. The lowest BCUT2D eigenvalue weighted by Crippen LogP contribution is -2.14. The number of thiophene rings is 1. The lowest BCUT2D eigenvalue weighted by Gasteiger charge is -2.04. The Hall–Kier alpha value is -1.64. The van der Waals surface area contributed by atoms with Crippen LogP contribution in [0.5, 0.6) is 0 Å². The van der Waals surface area contributed by atoms with Crippen molar-refractivity contribution in [2.75, 3.05) is 0 Å². The molecule has 4 rings (SSSR count). The summed E-state index contributed by atoms with van der Waals surface area (Å²) in [5, 5.41) is 6.25. The minimum atomic E-state index is 0.776. The van der Waals surface area contributed by atoms with E-state index in [1.54, 1.807) is 0 Å². The van der Waals surface area contributed by atoms with Gasteiger partial charge in [-0.1, -0.05) is 42.5 Å². The van der Waals surface area contributed by atoms with E-state index in [4.69, 9.17) is 0 Å². The maximum absolute atomic E-state index is 3.59. The largest absolute Gasteiger partial charge is 0.309 e. The zero-order chi connectivity index (χ0) is 13.4. The summed E-state index contributed by atoms with van der Waals surface area (Å²) in [5.74, 6) is 0. The second-order valence-electron chi connectivity index (χ2n) is 5.45. The number of nitrogens with one attached hydrogen (secondary N) is 1. The number of rotatable bonds is 4. The van der Waals surface area contributed by atoms with Crippen LogP contribution in [0.2, 0.25) is 0 Å². The second-order valence-corrected chi connectivity index (χ2v) is 6.62. The summed E-state index contributed by atoms with van der Waals surface area (Å²) in [7, 11) is 0. The quantitative estimate of drug-likeness (QED) is 0.722. The van der Waals surface area contributed by atoms with Crippen molar-refractivity contribution < 1.29 is 0 Å². The van der Waals surface area contributed by atoms with Crippen LogP contribution in [0.4, 0.5) is 0 Å². The lowest BCUT2D eigenvalue weighted by molar-refractivity contribution is 0.695. The van der Waals surface area contributed by atoms with Crippen LogP contribution in [-0.2, 0) is 6.54 Å². The van der Waals surface area contributed by atoms with Gasteiger partial charge in [-0.3, -0.25) is 0 Å². The standard InChI is InChI=1S/C18H17NS/c1-2-6-16-13(4-1)5-3-7-17(16)18-11-10-15(20-18)12-19-14-8-9-14/h1-7,10-11,14,19H,8-9,12H2. The summed E-state index contributed by atoms with van der Waals surface area (Å²) >= 11 is 1.91. The average molecular weight is 279 g/mol. The normalized spacial score (nSPS) is 14.8. The number of benzene rings is 2. The van der Waals surface area contributed by atoms with E-state index in [9.17, 15) is 0 Å². The fraction of sp³-hybridized carbons (Fsp3) is 0.222. The van der Waals surface area contributed by atoms with Gasteiger partial charge in [-0.05, 0) is 41.3 Å². The molecule has 0 saturated heterocycles. The van der Waals surface area contributed by atoms with Crippen LogP contribution in [0.15, 0.2) is 54.6 Å². The third kappa shape index (κ3) is 2.37. The first-order valence-corrected chi connectivity index (χ1v) is 8.02. The minimum absolute atomic E-state index is 0.776. The summed E-state index contributed by atoms with van der Waals surface area (Å²) in [6.45, 7) is 1.01. The zero-order valence-electron chi connectivity index (χ0n) is 11.3. The Balaban J connectivity index is 1.67. The summed E-state index contributed by atoms with van der Waals surface area (Å²) in [6.07, 6.45) is 2.70. The SMILES string of the molecule is c1ccc2c(-c3ccc(CNC4CC4)s3)cccc2c1. The van der Waals surface area contributed by atoms with Gasteiger partial charge in [0.05, 0.1) is 0 Å². The molecule has 3 aromatic rings. The van der Waals surface area contributed by atoms with Crippen LogP contribution in [-0.4, -0.2) is 6.04 Å². The van der Waals surface area contributed by atoms with E-state index in [2.05, 4.69) is 59.9 Å². The van der Waals surface area contributed by atoms with Gasteiger partial charge in [0.1, 0.15) is 0 Å². The van der Waals surface area contributed by atoms with E-state index in [1.165, 1.54) is 38.9 Å². The first-order valence-electron chi connectivity index (χ1n) is 7.20. The van der Waals surface area contributed by atoms with E-state index in [1.807, 2.05) is 11.3 Å². The van der Waals surface area contributed by atoms with Crippen molar-refractivity contribution in [3.05, 3.63) is 59.5 Å².